The number of hydrogen-bond acceptors (Lipinski definition) is 3. The van der Waals surface area contributed by atoms with Gasteiger partial charge in [0, 0.05) is 24.8 Å². The van der Waals surface area contributed by atoms with Crippen LogP contribution in [-0.4, -0.2) is 26.2 Å². The first-order valence-electron chi connectivity index (χ1n) is 6.36. The Bertz CT molecular complexity index is 451. The van der Waals surface area contributed by atoms with Crippen molar-refractivity contribution < 1.29 is 4.39 Å². The highest BCUT2D eigenvalue weighted by Crippen LogP contribution is 2.26. The van der Waals surface area contributed by atoms with Crippen LogP contribution in [0, 0.1) is 17.1 Å². The van der Waals surface area contributed by atoms with Gasteiger partial charge in [-0.05, 0) is 44.5 Å². The molecule has 1 heterocycles. The van der Waals surface area contributed by atoms with Crippen LogP contribution in [0.3, 0.4) is 0 Å². The zero-order valence-corrected chi connectivity index (χ0v) is 10.6. The highest BCUT2D eigenvalue weighted by Gasteiger charge is 2.22. The molecule has 0 bridgehead atoms. The van der Waals surface area contributed by atoms with E-state index in [0.717, 1.165) is 31.6 Å². The minimum Gasteiger partial charge on any atom is -0.367 e. The maximum Gasteiger partial charge on any atom is 0.126 e. The molecule has 18 heavy (non-hydrogen) atoms. The molecule has 1 aliphatic heterocycles. The summed E-state index contributed by atoms with van der Waals surface area (Å²) in [5.41, 5.74) is 1.21. The van der Waals surface area contributed by atoms with Gasteiger partial charge in [0.25, 0.3) is 0 Å². The molecule has 1 aromatic rings. The molecule has 0 aliphatic carbocycles. The Morgan fingerprint density at radius 2 is 2.28 bits per heavy atom. The summed E-state index contributed by atoms with van der Waals surface area (Å²) >= 11 is 0. The molecular formula is C14H18FN3. The fourth-order valence-corrected chi connectivity index (χ4v) is 2.59. The third kappa shape index (κ3) is 2.80. The van der Waals surface area contributed by atoms with Crippen LogP contribution in [0.15, 0.2) is 18.2 Å². The second-order valence-electron chi connectivity index (χ2n) is 4.71. The molecule has 0 aromatic heterocycles. The largest absolute Gasteiger partial charge is 0.367 e. The summed E-state index contributed by atoms with van der Waals surface area (Å²) < 4.78 is 13.5. The zero-order chi connectivity index (χ0) is 13.0. The summed E-state index contributed by atoms with van der Waals surface area (Å²) in [5.74, 6) is -0.335. The molecule has 1 unspecified atom stereocenters. The Morgan fingerprint density at radius 1 is 1.44 bits per heavy atom. The molecule has 0 spiro atoms. The molecule has 1 N–H and O–H groups in total. The average Bonchev–Trinajstić information content (AvgIpc) is 2.39. The number of halogens is 1. The summed E-state index contributed by atoms with van der Waals surface area (Å²) in [6.07, 6.45) is 3.45. The Labute approximate surface area is 107 Å². The van der Waals surface area contributed by atoms with Crippen LogP contribution in [0.25, 0.3) is 0 Å². The number of hydrogen-bond donors (Lipinski definition) is 1. The number of benzene rings is 1. The van der Waals surface area contributed by atoms with Crippen LogP contribution in [0.1, 0.15) is 24.8 Å². The standard InChI is InChI=1S/C14H18FN3/c1-17-10-13-4-2-3-5-18(13)14-7-11(9-16)6-12(15)8-14/h6-8,13,17H,2-5,10H2,1H3. The summed E-state index contributed by atoms with van der Waals surface area (Å²) in [6.45, 7) is 1.82. The fraction of sp³-hybridized carbons (Fsp3) is 0.500. The van der Waals surface area contributed by atoms with Gasteiger partial charge in [-0.2, -0.15) is 5.26 Å². The lowest BCUT2D eigenvalue weighted by Gasteiger charge is -2.37. The highest BCUT2D eigenvalue weighted by molar-refractivity contribution is 5.53. The van der Waals surface area contributed by atoms with E-state index in [1.54, 1.807) is 6.07 Å². The number of piperidine rings is 1. The number of nitrogens with zero attached hydrogens (tertiary/aromatic N) is 2. The van der Waals surface area contributed by atoms with Gasteiger partial charge in [0.15, 0.2) is 0 Å². The first kappa shape index (κ1) is 12.8. The third-order valence-corrected chi connectivity index (χ3v) is 3.41. The lowest BCUT2D eigenvalue weighted by Crippen LogP contribution is -2.45. The predicted molar refractivity (Wildman–Crippen MR) is 70.0 cm³/mol. The third-order valence-electron chi connectivity index (χ3n) is 3.41. The fourth-order valence-electron chi connectivity index (χ4n) is 2.59. The molecule has 1 fully saturated rings. The van der Waals surface area contributed by atoms with Gasteiger partial charge in [-0.3, -0.25) is 0 Å². The number of nitriles is 1. The molecule has 2 rings (SSSR count). The van der Waals surface area contributed by atoms with E-state index >= 15 is 0 Å². The van der Waals surface area contributed by atoms with Crippen molar-refractivity contribution in [1.29, 1.82) is 5.26 Å². The Hall–Kier alpha value is -1.60. The van der Waals surface area contributed by atoms with Crippen molar-refractivity contribution in [1.82, 2.24) is 5.32 Å². The van der Waals surface area contributed by atoms with E-state index in [9.17, 15) is 4.39 Å². The van der Waals surface area contributed by atoms with E-state index in [0.29, 0.717) is 11.6 Å². The minimum atomic E-state index is -0.335. The van der Waals surface area contributed by atoms with Crippen LogP contribution >= 0.6 is 0 Å². The normalized spacial score (nSPS) is 19.6. The molecule has 0 amide bonds. The van der Waals surface area contributed by atoms with Crippen molar-refractivity contribution in [3.8, 4) is 6.07 Å². The Balaban J connectivity index is 2.27. The van der Waals surface area contributed by atoms with Crippen LogP contribution in [0.2, 0.25) is 0 Å². The molecular weight excluding hydrogens is 229 g/mol. The monoisotopic (exact) mass is 247 g/mol. The summed E-state index contributed by atoms with van der Waals surface area (Å²) in [4.78, 5) is 2.21. The van der Waals surface area contributed by atoms with Crippen LogP contribution in [-0.2, 0) is 0 Å². The maximum atomic E-state index is 13.5. The van der Waals surface area contributed by atoms with Crippen LogP contribution in [0.4, 0.5) is 10.1 Å². The number of anilines is 1. The van der Waals surface area contributed by atoms with Gasteiger partial charge >= 0.3 is 0 Å². The summed E-state index contributed by atoms with van der Waals surface area (Å²) in [6, 6.07) is 6.97. The predicted octanol–water partition coefficient (Wildman–Crippen LogP) is 2.28. The minimum absolute atomic E-state index is 0.335. The molecule has 0 radical (unpaired) electrons. The van der Waals surface area contributed by atoms with Crippen LogP contribution < -0.4 is 10.2 Å². The lowest BCUT2D eigenvalue weighted by atomic mass is 10.0. The van der Waals surface area contributed by atoms with Crippen molar-refractivity contribution in [3.05, 3.63) is 29.6 Å². The van der Waals surface area contributed by atoms with Gasteiger partial charge in [0.2, 0.25) is 0 Å². The van der Waals surface area contributed by atoms with Crippen molar-refractivity contribution >= 4 is 5.69 Å². The van der Waals surface area contributed by atoms with Gasteiger partial charge < -0.3 is 10.2 Å². The molecule has 1 aliphatic rings. The summed E-state index contributed by atoms with van der Waals surface area (Å²) in [5, 5.41) is 12.1. The van der Waals surface area contributed by atoms with Crippen molar-refractivity contribution in [2.24, 2.45) is 0 Å². The SMILES string of the molecule is CNCC1CCCCN1c1cc(F)cc(C#N)c1. The van der Waals surface area contributed by atoms with E-state index in [2.05, 4.69) is 10.2 Å². The van der Waals surface area contributed by atoms with Crippen molar-refractivity contribution in [2.75, 3.05) is 25.0 Å². The Morgan fingerprint density at radius 3 is 3.00 bits per heavy atom. The van der Waals surface area contributed by atoms with E-state index in [4.69, 9.17) is 5.26 Å². The maximum absolute atomic E-state index is 13.5. The van der Waals surface area contributed by atoms with E-state index < -0.39 is 0 Å². The summed E-state index contributed by atoms with van der Waals surface area (Å²) in [7, 11) is 1.93. The number of nitrogens with one attached hydrogen (secondary N) is 1. The average molecular weight is 247 g/mol. The molecule has 1 aromatic carbocycles. The van der Waals surface area contributed by atoms with Gasteiger partial charge in [-0.1, -0.05) is 0 Å². The number of likely N-dealkylation sites (N-methyl/N-ethyl adjacent to an activating group) is 1. The number of rotatable bonds is 3. The van der Waals surface area contributed by atoms with Gasteiger partial charge in [0.05, 0.1) is 11.6 Å². The first-order chi connectivity index (χ1) is 8.74. The van der Waals surface area contributed by atoms with E-state index in [1.165, 1.54) is 18.6 Å². The van der Waals surface area contributed by atoms with Crippen LogP contribution in [0.5, 0.6) is 0 Å². The van der Waals surface area contributed by atoms with Gasteiger partial charge in [-0.25, -0.2) is 4.39 Å². The van der Waals surface area contributed by atoms with Gasteiger partial charge in [0.1, 0.15) is 5.82 Å². The molecule has 1 atom stereocenters. The highest BCUT2D eigenvalue weighted by atomic mass is 19.1. The smallest absolute Gasteiger partial charge is 0.126 e. The lowest BCUT2D eigenvalue weighted by molar-refractivity contribution is 0.446. The van der Waals surface area contributed by atoms with Crippen molar-refractivity contribution in [2.45, 2.75) is 25.3 Å². The second-order valence-corrected chi connectivity index (χ2v) is 4.71. The van der Waals surface area contributed by atoms with E-state index in [-0.39, 0.29) is 5.82 Å². The first-order valence-corrected chi connectivity index (χ1v) is 6.36. The quantitative estimate of drug-likeness (QED) is 0.890. The van der Waals surface area contributed by atoms with Crippen molar-refractivity contribution in [3.63, 3.8) is 0 Å². The Kier molecular flexibility index (Phi) is 4.16. The zero-order valence-electron chi connectivity index (χ0n) is 10.6. The molecule has 4 heteroatoms. The molecule has 3 nitrogen and oxygen atoms in total. The second kappa shape index (κ2) is 5.83. The molecule has 96 valence electrons. The van der Waals surface area contributed by atoms with E-state index in [1.807, 2.05) is 13.1 Å². The topological polar surface area (TPSA) is 39.1 Å². The molecule has 1 saturated heterocycles. The molecule has 0 saturated carbocycles. The van der Waals surface area contributed by atoms with Gasteiger partial charge in [-0.15, -0.1) is 0 Å².